The number of ether oxygens (including phenoxy) is 3. The second-order valence-corrected chi connectivity index (χ2v) is 9.56. The number of nitrogens with one attached hydrogen (secondary N) is 4. The lowest BCUT2D eigenvalue weighted by molar-refractivity contribution is -0.179. The first-order chi connectivity index (χ1) is 17.6. The molecular weight excluding hydrogens is 486 g/mol. The zero-order valence-electron chi connectivity index (χ0n) is 20.9. The molecule has 0 unspecified atom stereocenters. The third-order valence-electron chi connectivity index (χ3n) is 5.45. The maximum absolute atomic E-state index is 12.9. The third kappa shape index (κ3) is 6.77. The maximum atomic E-state index is 12.9. The van der Waals surface area contributed by atoms with Gasteiger partial charge < -0.3 is 29.8 Å². The van der Waals surface area contributed by atoms with Crippen molar-refractivity contribution in [2.24, 2.45) is 0 Å². The number of H-pyrrole nitrogens is 1. The van der Waals surface area contributed by atoms with Crippen LogP contribution in [0.5, 0.6) is 5.75 Å². The van der Waals surface area contributed by atoms with Gasteiger partial charge in [0.1, 0.15) is 17.0 Å². The molecule has 0 atom stereocenters. The maximum Gasteiger partial charge on any atom is 0.387 e. The number of rotatable bonds is 9. The average Bonchev–Trinajstić information content (AvgIpc) is 3.27. The first-order valence-electron chi connectivity index (χ1n) is 11.9. The summed E-state index contributed by atoms with van der Waals surface area (Å²) in [6.07, 6.45) is 3.98. The molecule has 1 saturated heterocycles. The Morgan fingerprint density at radius 3 is 2.73 bits per heavy atom. The van der Waals surface area contributed by atoms with Crippen molar-refractivity contribution in [2.45, 2.75) is 52.1 Å². The van der Waals surface area contributed by atoms with Crippen molar-refractivity contribution < 1.29 is 27.8 Å². The van der Waals surface area contributed by atoms with Crippen molar-refractivity contribution in [3.8, 4) is 5.75 Å². The summed E-state index contributed by atoms with van der Waals surface area (Å²) in [4.78, 5) is 24.5. The molecule has 4 N–H and O–H groups in total. The van der Waals surface area contributed by atoms with Crippen molar-refractivity contribution in [1.82, 2.24) is 20.3 Å². The van der Waals surface area contributed by atoms with Crippen LogP contribution in [-0.2, 0) is 9.47 Å². The number of carbonyl (C=O) groups is 1. The first-order valence-corrected chi connectivity index (χ1v) is 11.9. The first kappa shape index (κ1) is 26.4. The summed E-state index contributed by atoms with van der Waals surface area (Å²) in [5.74, 6) is -0.432. The number of alkyl halides is 2. The Kier molecular flexibility index (Phi) is 7.98. The number of aromatic nitrogens is 3. The van der Waals surface area contributed by atoms with E-state index in [2.05, 4.69) is 30.3 Å². The smallest absolute Gasteiger partial charge is 0.387 e. The molecule has 0 aliphatic carbocycles. The van der Waals surface area contributed by atoms with Crippen LogP contribution in [-0.4, -0.2) is 64.8 Å². The summed E-state index contributed by atoms with van der Waals surface area (Å²) >= 11 is 0. The van der Waals surface area contributed by atoms with Crippen LogP contribution in [0.3, 0.4) is 0 Å². The molecule has 10 nitrogen and oxygen atoms in total. The van der Waals surface area contributed by atoms with Gasteiger partial charge >= 0.3 is 6.61 Å². The normalized spacial score (nSPS) is 14.6. The minimum Gasteiger partial charge on any atom is -0.435 e. The van der Waals surface area contributed by atoms with E-state index in [-0.39, 0.29) is 40.5 Å². The topological polar surface area (TPSA) is 134 Å². The van der Waals surface area contributed by atoms with Gasteiger partial charge in [0.05, 0.1) is 30.7 Å². The highest BCUT2D eigenvalue weighted by molar-refractivity contribution is 6.14. The summed E-state index contributed by atoms with van der Waals surface area (Å²) < 4.78 is 41.4. The molecule has 1 fully saturated rings. The minimum absolute atomic E-state index is 0.0786. The highest BCUT2D eigenvalue weighted by Gasteiger charge is 2.22. The molecule has 2 aromatic heterocycles. The largest absolute Gasteiger partial charge is 0.435 e. The number of halogens is 2. The summed E-state index contributed by atoms with van der Waals surface area (Å²) in [6, 6.07) is 4.31. The fraction of sp³-hybridized carbons (Fsp3) is 0.440. The van der Waals surface area contributed by atoms with E-state index in [1.807, 2.05) is 20.8 Å². The molecule has 12 heteroatoms. The van der Waals surface area contributed by atoms with Crippen LogP contribution >= 0.6 is 0 Å². The van der Waals surface area contributed by atoms with Crippen LogP contribution in [0.1, 0.15) is 55.2 Å². The fourth-order valence-electron chi connectivity index (χ4n) is 3.82. The highest BCUT2D eigenvalue weighted by Crippen LogP contribution is 2.27. The van der Waals surface area contributed by atoms with E-state index < -0.39 is 12.2 Å². The number of aromatic amines is 1. The van der Waals surface area contributed by atoms with Crippen molar-refractivity contribution >= 4 is 28.5 Å². The van der Waals surface area contributed by atoms with Gasteiger partial charge in [0.25, 0.3) is 5.91 Å². The molecule has 0 spiro atoms. The van der Waals surface area contributed by atoms with Gasteiger partial charge in [-0.2, -0.15) is 8.78 Å². The lowest BCUT2D eigenvalue weighted by atomic mass is 10.0. The molecular formula is C25H30F2N6O4. The van der Waals surface area contributed by atoms with E-state index in [1.165, 1.54) is 24.5 Å². The summed E-state index contributed by atoms with van der Waals surface area (Å²) in [5, 5.41) is 14.9. The third-order valence-corrected chi connectivity index (χ3v) is 5.45. The van der Waals surface area contributed by atoms with Gasteiger partial charge in [-0.1, -0.05) is 0 Å². The Bertz CT molecular complexity index is 1270. The van der Waals surface area contributed by atoms with Crippen LogP contribution in [0.4, 0.5) is 14.5 Å². The van der Waals surface area contributed by atoms with Gasteiger partial charge in [-0.3, -0.25) is 10.2 Å². The number of fused-ring (bicyclic) bond motifs is 1. The Morgan fingerprint density at radius 2 is 2.03 bits per heavy atom. The van der Waals surface area contributed by atoms with Crippen LogP contribution in [0.2, 0.25) is 0 Å². The van der Waals surface area contributed by atoms with Gasteiger partial charge in [0.15, 0.2) is 11.9 Å². The van der Waals surface area contributed by atoms with E-state index in [0.29, 0.717) is 43.0 Å². The van der Waals surface area contributed by atoms with E-state index in [9.17, 15) is 13.6 Å². The summed E-state index contributed by atoms with van der Waals surface area (Å²) in [5.41, 5.74) is 1.39. The molecule has 1 aliphatic heterocycles. The monoisotopic (exact) mass is 516 g/mol. The van der Waals surface area contributed by atoms with Gasteiger partial charge in [0, 0.05) is 36.0 Å². The number of amides is 1. The van der Waals surface area contributed by atoms with E-state index in [4.69, 9.17) is 14.9 Å². The van der Waals surface area contributed by atoms with Crippen molar-refractivity contribution in [1.29, 1.82) is 5.41 Å². The van der Waals surface area contributed by atoms with Gasteiger partial charge in [-0.15, -0.1) is 0 Å². The molecule has 3 heterocycles. The summed E-state index contributed by atoms with van der Waals surface area (Å²) in [7, 11) is 0. The van der Waals surface area contributed by atoms with Crippen molar-refractivity contribution in [3.05, 3.63) is 47.4 Å². The molecule has 37 heavy (non-hydrogen) atoms. The zero-order valence-corrected chi connectivity index (χ0v) is 20.9. The highest BCUT2D eigenvalue weighted by atomic mass is 19.3. The predicted molar refractivity (Wildman–Crippen MR) is 134 cm³/mol. The Hall–Kier alpha value is -3.64. The number of anilines is 1. The second-order valence-electron chi connectivity index (χ2n) is 9.56. The van der Waals surface area contributed by atoms with Crippen LogP contribution in [0.25, 0.3) is 11.2 Å². The van der Waals surface area contributed by atoms with E-state index in [1.54, 1.807) is 6.07 Å². The molecule has 4 rings (SSSR count). The Morgan fingerprint density at radius 1 is 1.27 bits per heavy atom. The standard InChI is InChI=1S/C25H30F2N6O4/c1-25(2,3)33-23(34)16-12-30-22-21(16)32-18(13-31-22)20(28)15-11-14(37-24(26)27)5-6-17(15)29-8-7-19-35-9-4-10-36-19/h5-6,11-13,19,24,28-29H,4,7-10H2,1-3H3,(H,30,31)(H,33,34). The van der Waals surface area contributed by atoms with E-state index in [0.717, 1.165) is 6.42 Å². The SMILES string of the molecule is CC(C)(C)NC(=O)c1c[nH]c2ncc(C(=N)c3cc(OC(F)F)ccc3NCCC3OCCCO3)nc12. The van der Waals surface area contributed by atoms with Gasteiger partial charge in [-0.25, -0.2) is 9.97 Å². The van der Waals surface area contributed by atoms with Crippen LogP contribution < -0.4 is 15.4 Å². The fourth-order valence-corrected chi connectivity index (χ4v) is 3.82. The number of hydrogen-bond donors (Lipinski definition) is 4. The predicted octanol–water partition coefficient (Wildman–Crippen LogP) is 4.07. The number of carbonyl (C=O) groups excluding carboxylic acids is 1. The number of benzene rings is 1. The second kappa shape index (κ2) is 11.2. The van der Waals surface area contributed by atoms with Crippen molar-refractivity contribution in [3.63, 3.8) is 0 Å². The average molecular weight is 517 g/mol. The lowest BCUT2D eigenvalue weighted by Crippen LogP contribution is -2.40. The molecule has 1 amide bonds. The lowest BCUT2D eigenvalue weighted by Gasteiger charge is -2.23. The molecule has 0 radical (unpaired) electrons. The molecule has 198 valence electrons. The van der Waals surface area contributed by atoms with Gasteiger partial charge in [-0.05, 0) is 45.4 Å². The molecule has 1 aromatic carbocycles. The molecule has 0 bridgehead atoms. The van der Waals surface area contributed by atoms with Crippen LogP contribution in [0.15, 0.2) is 30.6 Å². The van der Waals surface area contributed by atoms with Crippen molar-refractivity contribution in [2.75, 3.05) is 25.1 Å². The molecule has 1 aliphatic rings. The van der Waals surface area contributed by atoms with E-state index >= 15 is 0 Å². The Labute approximate surface area is 212 Å². The molecule has 0 saturated carbocycles. The van der Waals surface area contributed by atoms with Gasteiger partial charge in [0.2, 0.25) is 0 Å². The quantitative estimate of drug-likeness (QED) is 0.315. The number of nitrogens with zero attached hydrogens (tertiary/aromatic N) is 2. The minimum atomic E-state index is -3.01. The Balaban J connectivity index is 1.61. The number of hydrogen-bond acceptors (Lipinski definition) is 8. The van der Waals surface area contributed by atoms with Crippen LogP contribution in [0, 0.1) is 5.41 Å². The summed E-state index contributed by atoms with van der Waals surface area (Å²) in [6.45, 7) is 4.31. The molecule has 3 aromatic rings. The zero-order chi connectivity index (χ0) is 26.6.